The first kappa shape index (κ1) is 28.0. The van der Waals surface area contributed by atoms with Crippen molar-refractivity contribution < 1.29 is 22.7 Å². The van der Waals surface area contributed by atoms with Gasteiger partial charge in [-0.3, -0.25) is 4.98 Å². The van der Waals surface area contributed by atoms with E-state index in [9.17, 15) is 13.2 Å². The van der Waals surface area contributed by atoms with Crippen LogP contribution in [0.25, 0.3) is 11.3 Å². The fourth-order valence-electron chi connectivity index (χ4n) is 3.94. The summed E-state index contributed by atoms with van der Waals surface area (Å²) in [7, 11) is -3.81. The Balaban J connectivity index is 1.55. The van der Waals surface area contributed by atoms with Crippen molar-refractivity contribution in [3.8, 4) is 17.0 Å². The third-order valence-electron chi connectivity index (χ3n) is 5.69. The second-order valence-corrected chi connectivity index (χ2v) is 12.0. The lowest BCUT2D eigenvalue weighted by Crippen LogP contribution is -2.30. The van der Waals surface area contributed by atoms with Gasteiger partial charge in [-0.2, -0.15) is 4.31 Å². The van der Waals surface area contributed by atoms with Crippen LogP contribution in [0.3, 0.4) is 0 Å². The fourth-order valence-corrected chi connectivity index (χ4v) is 5.37. The van der Waals surface area contributed by atoms with Gasteiger partial charge < -0.3 is 9.47 Å². The molecule has 0 saturated heterocycles. The molecule has 0 saturated carbocycles. The highest BCUT2D eigenvalue weighted by Gasteiger charge is 2.25. The van der Waals surface area contributed by atoms with Crippen molar-refractivity contribution in [2.75, 3.05) is 6.61 Å². The minimum absolute atomic E-state index is 0.114. The summed E-state index contributed by atoms with van der Waals surface area (Å²) in [4.78, 5) is 16.7. The van der Waals surface area contributed by atoms with Crippen molar-refractivity contribution in [1.82, 2.24) is 9.29 Å². The highest BCUT2D eigenvalue weighted by molar-refractivity contribution is 7.89. The molecule has 202 valence electrons. The lowest BCUT2D eigenvalue weighted by Gasteiger charge is -2.23. The molecule has 0 unspecified atom stereocenters. The largest absolute Gasteiger partial charge is 0.482 e. The minimum Gasteiger partial charge on any atom is -0.482 e. The molecule has 7 nitrogen and oxygen atoms in total. The molecule has 0 radical (unpaired) electrons. The van der Waals surface area contributed by atoms with Gasteiger partial charge in [0.05, 0.1) is 10.6 Å². The molecule has 0 aliphatic carbocycles. The van der Waals surface area contributed by atoms with Gasteiger partial charge in [-0.05, 0) is 68.3 Å². The quantitative estimate of drug-likeness (QED) is 0.233. The predicted octanol–water partition coefficient (Wildman–Crippen LogP) is 5.86. The van der Waals surface area contributed by atoms with Crippen molar-refractivity contribution in [3.05, 3.63) is 114 Å². The number of nitrogens with zero attached hydrogens (tertiary/aromatic N) is 2. The number of ether oxygens (including phenoxy) is 2. The van der Waals surface area contributed by atoms with Crippen molar-refractivity contribution in [2.24, 2.45) is 0 Å². The summed E-state index contributed by atoms with van der Waals surface area (Å²) in [6, 6.07) is 28.9. The van der Waals surface area contributed by atoms with Crippen LogP contribution in [-0.4, -0.2) is 35.9 Å². The normalized spacial score (nSPS) is 11.8. The average molecular weight is 545 g/mol. The van der Waals surface area contributed by atoms with Crippen molar-refractivity contribution in [1.29, 1.82) is 0 Å². The Hall–Kier alpha value is -4.01. The zero-order valence-corrected chi connectivity index (χ0v) is 23.1. The molecule has 0 spiro atoms. The van der Waals surface area contributed by atoms with E-state index in [0.717, 1.165) is 22.4 Å². The number of rotatable bonds is 10. The van der Waals surface area contributed by atoms with Crippen LogP contribution in [0.15, 0.2) is 108 Å². The molecular formula is C31H32N2O5S. The van der Waals surface area contributed by atoms with E-state index in [1.165, 1.54) is 4.31 Å². The summed E-state index contributed by atoms with van der Waals surface area (Å²) in [5.41, 5.74) is 2.75. The predicted molar refractivity (Wildman–Crippen MR) is 150 cm³/mol. The maximum absolute atomic E-state index is 13.7. The van der Waals surface area contributed by atoms with E-state index in [2.05, 4.69) is 4.98 Å². The lowest BCUT2D eigenvalue weighted by atomic mass is 10.1. The maximum Gasteiger partial charge on any atom is 0.344 e. The maximum atomic E-state index is 13.7. The van der Waals surface area contributed by atoms with Crippen LogP contribution in [0.4, 0.5) is 0 Å². The molecule has 0 bridgehead atoms. The van der Waals surface area contributed by atoms with Gasteiger partial charge in [0.2, 0.25) is 10.0 Å². The number of benzene rings is 3. The summed E-state index contributed by atoms with van der Waals surface area (Å²) in [6.45, 7) is 5.42. The molecule has 0 N–H and O–H groups in total. The summed E-state index contributed by atoms with van der Waals surface area (Å²) in [5.74, 6) is -0.0227. The summed E-state index contributed by atoms with van der Waals surface area (Å²) < 4.78 is 39.7. The van der Waals surface area contributed by atoms with Crippen molar-refractivity contribution in [2.45, 2.75) is 44.4 Å². The van der Waals surface area contributed by atoms with E-state index in [1.54, 1.807) is 75.5 Å². The molecule has 0 atom stereocenters. The molecule has 1 aromatic heterocycles. The van der Waals surface area contributed by atoms with Crippen molar-refractivity contribution >= 4 is 16.0 Å². The van der Waals surface area contributed by atoms with Crippen LogP contribution in [0.2, 0.25) is 0 Å². The number of carbonyl (C=O) groups excluding carboxylic acids is 1. The van der Waals surface area contributed by atoms with E-state index in [0.29, 0.717) is 5.75 Å². The van der Waals surface area contributed by atoms with Crippen LogP contribution in [0.5, 0.6) is 5.75 Å². The lowest BCUT2D eigenvalue weighted by molar-refractivity contribution is -0.157. The average Bonchev–Trinajstić information content (AvgIpc) is 2.92. The molecule has 8 heteroatoms. The third kappa shape index (κ3) is 7.99. The number of carbonyl (C=O) groups is 1. The second-order valence-electron chi connectivity index (χ2n) is 10.0. The highest BCUT2D eigenvalue weighted by Crippen LogP contribution is 2.24. The first-order chi connectivity index (χ1) is 18.6. The standard InChI is InChI=1S/C31H32N2O5S/c1-31(2,3)38-30(34)23-37-27-11-9-10-25(20-27)22-33(39(35,36)28-12-5-4-6-13-28)21-24-15-17-26(18-16-24)29-14-7-8-19-32-29/h4-20H,21-23H2,1-3H3. The van der Waals surface area contributed by atoms with E-state index >= 15 is 0 Å². The molecule has 0 fully saturated rings. The SMILES string of the molecule is CC(C)(C)OC(=O)COc1cccc(CN(Cc2ccc(-c3ccccn3)cc2)S(=O)(=O)c2ccccc2)c1. The zero-order valence-electron chi connectivity index (χ0n) is 22.3. The number of sulfonamides is 1. The Kier molecular flexibility index (Phi) is 8.79. The molecule has 0 aliphatic heterocycles. The van der Waals surface area contributed by atoms with Crippen LogP contribution < -0.4 is 4.74 Å². The highest BCUT2D eigenvalue weighted by atomic mass is 32.2. The Morgan fingerprint density at radius 3 is 2.18 bits per heavy atom. The molecule has 0 aliphatic rings. The van der Waals surface area contributed by atoms with Crippen molar-refractivity contribution in [3.63, 3.8) is 0 Å². The minimum atomic E-state index is -3.81. The number of esters is 1. The van der Waals surface area contributed by atoms with E-state index in [-0.39, 0.29) is 24.6 Å². The van der Waals surface area contributed by atoms with Gasteiger partial charge in [-0.25, -0.2) is 13.2 Å². The fraction of sp³-hybridized carbons (Fsp3) is 0.226. The number of pyridine rings is 1. The Bertz CT molecular complexity index is 1480. The van der Waals surface area contributed by atoms with Crippen LogP contribution in [0.1, 0.15) is 31.9 Å². The molecule has 1 heterocycles. The summed E-state index contributed by atoms with van der Waals surface area (Å²) >= 11 is 0. The Morgan fingerprint density at radius 2 is 1.51 bits per heavy atom. The van der Waals surface area contributed by atoms with Gasteiger partial charge in [0.15, 0.2) is 6.61 Å². The van der Waals surface area contributed by atoms with E-state index < -0.39 is 21.6 Å². The van der Waals surface area contributed by atoms with Gasteiger partial charge in [-0.1, -0.05) is 60.7 Å². The van der Waals surface area contributed by atoms with E-state index in [4.69, 9.17) is 9.47 Å². The Labute approximate surface area is 230 Å². The molecular weight excluding hydrogens is 512 g/mol. The van der Waals surface area contributed by atoms with Gasteiger partial charge in [0.25, 0.3) is 0 Å². The van der Waals surface area contributed by atoms with E-state index in [1.807, 2.05) is 48.5 Å². The first-order valence-corrected chi connectivity index (χ1v) is 14.0. The zero-order chi connectivity index (χ0) is 27.9. The molecule has 39 heavy (non-hydrogen) atoms. The van der Waals surface area contributed by atoms with Gasteiger partial charge in [0.1, 0.15) is 11.4 Å². The number of aromatic nitrogens is 1. The van der Waals surface area contributed by atoms with Gasteiger partial charge in [-0.15, -0.1) is 0 Å². The topological polar surface area (TPSA) is 85.8 Å². The second kappa shape index (κ2) is 12.2. The summed E-state index contributed by atoms with van der Waals surface area (Å²) in [6.07, 6.45) is 1.74. The van der Waals surface area contributed by atoms with Crippen LogP contribution in [0, 0.1) is 0 Å². The monoisotopic (exact) mass is 544 g/mol. The summed E-state index contributed by atoms with van der Waals surface area (Å²) in [5, 5.41) is 0. The number of hydrogen-bond acceptors (Lipinski definition) is 6. The third-order valence-corrected chi connectivity index (χ3v) is 7.49. The smallest absolute Gasteiger partial charge is 0.344 e. The van der Waals surface area contributed by atoms with Crippen LogP contribution in [-0.2, 0) is 32.6 Å². The molecule has 3 aromatic carbocycles. The molecule has 4 rings (SSSR count). The van der Waals surface area contributed by atoms with Gasteiger partial charge in [0, 0.05) is 24.8 Å². The van der Waals surface area contributed by atoms with Crippen LogP contribution >= 0.6 is 0 Å². The first-order valence-electron chi connectivity index (χ1n) is 12.6. The number of hydrogen-bond donors (Lipinski definition) is 0. The Morgan fingerprint density at radius 1 is 0.821 bits per heavy atom. The molecule has 4 aromatic rings. The molecule has 0 amide bonds. The van der Waals surface area contributed by atoms with Gasteiger partial charge >= 0.3 is 5.97 Å².